The fraction of sp³-hybridized carbons (Fsp3) is 0.385. The molecule has 6 heteroatoms. The number of benzene rings is 2. The fourth-order valence-electron chi connectivity index (χ4n) is 4.84. The molecule has 0 spiro atoms. The first-order valence-corrected chi connectivity index (χ1v) is 11.7. The minimum absolute atomic E-state index is 0.0351. The summed E-state index contributed by atoms with van der Waals surface area (Å²) in [4.78, 5) is 17.8. The molecule has 0 saturated carbocycles. The first-order valence-electron chi connectivity index (χ1n) is 11.4. The number of hydrogen-bond acceptors (Lipinski definition) is 3. The van der Waals surface area contributed by atoms with E-state index in [4.69, 9.17) is 11.6 Å². The molecule has 2 aromatic carbocycles. The number of hydrogen-bond donors (Lipinski definition) is 0. The molecule has 1 atom stereocenters. The zero-order valence-corrected chi connectivity index (χ0v) is 20.1. The van der Waals surface area contributed by atoms with E-state index in [1.165, 1.54) is 0 Å². The van der Waals surface area contributed by atoms with E-state index in [2.05, 4.69) is 42.0 Å². The molecule has 1 saturated heterocycles. The van der Waals surface area contributed by atoms with Crippen molar-refractivity contribution in [2.75, 3.05) is 26.2 Å². The Hall–Kier alpha value is -2.63. The molecule has 1 aromatic heterocycles. The number of likely N-dealkylation sites (tertiary alicyclic amines) is 1. The van der Waals surface area contributed by atoms with Crippen LogP contribution in [0, 0.1) is 6.92 Å². The normalized spacial score (nSPS) is 16.2. The van der Waals surface area contributed by atoms with Gasteiger partial charge in [0.2, 0.25) is 0 Å². The van der Waals surface area contributed by atoms with Gasteiger partial charge in [-0.2, -0.15) is 5.10 Å². The maximum Gasteiger partial charge on any atom is 0.274 e. The molecule has 1 fully saturated rings. The van der Waals surface area contributed by atoms with Crippen LogP contribution in [-0.2, 0) is 7.05 Å². The molecule has 4 rings (SSSR count). The summed E-state index contributed by atoms with van der Waals surface area (Å²) in [6, 6.07) is 16.6. The molecule has 1 amide bonds. The Morgan fingerprint density at radius 1 is 1.09 bits per heavy atom. The predicted octanol–water partition coefficient (Wildman–Crippen LogP) is 5.27. The Balaban J connectivity index is 1.61. The molecule has 0 radical (unpaired) electrons. The van der Waals surface area contributed by atoms with E-state index in [-0.39, 0.29) is 5.91 Å². The van der Waals surface area contributed by atoms with Gasteiger partial charge in [-0.25, -0.2) is 0 Å². The van der Waals surface area contributed by atoms with Gasteiger partial charge in [0, 0.05) is 42.3 Å². The largest absolute Gasteiger partial charge is 0.336 e. The number of aryl methyl sites for hydroxylation is 1. The number of carbonyl (C=O) groups excluding carboxylic acids is 1. The summed E-state index contributed by atoms with van der Waals surface area (Å²) in [5, 5.41) is 5.37. The van der Waals surface area contributed by atoms with Crippen LogP contribution in [0.5, 0.6) is 0 Å². The highest BCUT2D eigenvalue weighted by Gasteiger charge is 2.32. The third-order valence-electron chi connectivity index (χ3n) is 6.58. The van der Waals surface area contributed by atoms with Gasteiger partial charge in [-0.15, -0.1) is 0 Å². The average Bonchev–Trinajstić information content (AvgIpc) is 3.39. The maximum atomic E-state index is 13.3. The van der Waals surface area contributed by atoms with Gasteiger partial charge in [0.15, 0.2) is 5.69 Å². The van der Waals surface area contributed by atoms with Crippen LogP contribution in [0.3, 0.4) is 0 Å². The van der Waals surface area contributed by atoms with E-state index in [1.807, 2.05) is 53.9 Å². The second-order valence-corrected chi connectivity index (χ2v) is 8.88. The van der Waals surface area contributed by atoms with Crippen LogP contribution in [0.25, 0.3) is 22.4 Å². The Morgan fingerprint density at radius 3 is 2.47 bits per heavy atom. The van der Waals surface area contributed by atoms with Crippen LogP contribution >= 0.6 is 11.6 Å². The van der Waals surface area contributed by atoms with E-state index in [1.54, 1.807) is 0 Å². The zero-order chi connectivity index (χ0) is 22.8. The standard InChI is InChI=1S/C26H31ClN4O/c1-5-30(6-2)23-14-15-31(17-23)26(32)24-18(3)25(29(4)28-24)21-9-7-8-20(16-21)19-10-12-22(27)13-11-19/h7-13,16,23H,5-6,14-15,17H2,1-4H3. The molecule has 1 unspecified atom stereocenters. The van der Waals surface area contributed by atoms with Gasteiger partial charge >= 0.3 is 0 Å². The number of aromatic nitrogens is 2. The molecule has 1 aliphatic heterocycles. The second-order valence-electron chi connectivity index (χ2n) is 8.45. The topological polar surface area (TPSA) is 41.4 Å². The molecule has 2 heterocycles. The SMILES string of the molecule is CCN(CC)C1CCN(C(=O)c2nn(C)c(-c3cccc(-c4ccc(Cl)cc4)c3)c2C)C1. The third-order valence-corrected chi connectivity index (χ3v) is 6.83. The van der Waals surface area contributed by atoms with Crippen LogP contribution in [0.1, 0.15) is 36.3 Å². The van der Waals surface area contributed by atoms with Crippen LogP contribution < -0.4 is 0 Å². The lowest BCUT2D eigenvalue weighted by atomic mass is 10.00. The lowest BCUT2D eigenvalue weighted by Crippen LogP contribution is -2.38. The highest BCUT2D eigenvalue weighted by Crippen LogP contribution is 2.31. The van der Waals surface area contributed by atoms with Crippen molar-refractivity contribution in [3.05, 3.63) is 64.8 Å². The van der Waals surface area contributed by atoms with Crippen molar-refractivity contribution < 1.29 is 4.79 Å². The highest BCUT2D eigenvalue weighted by molar-refractivity contribution is 6.30. The summed E-state index contributed by atoms with van der Waals surface area (Å²) >= 11 is 6.05. The molecule has 1 aliphatic rings. The Kier molecular flexibility index (Phi) is 6.68. The van der Waals surface area contributed by atoms with Crippen molar-refractivity contribution in [1.82, 2.24) is 19.6 Å². The zero-order valence-electron chi connectivity index (χ0n) is 19.3. The summed E-state index contributed by atoms with van der Waals surface area (Å²) in [6.07, 6.45) is 1.02. The minimum atomic E-state index is 0.0351. The molecule has 0 bridgehead atoms. The maximum absolute atomic E-state index is 13.3. The average molecular weight is 451 g/mol. The first-order chi connectivity index (χ1) is 15.4. The van der Waals surface area contributed by atoms with E-state index in [9.17, 15) is 4.79 Å². The number of rotatable bonds is 6. The molecule has 168 valence electrons. The van der Waals surface area contributed by atoms with Crippen molar-refractivity contribution in [2.45, 2.75) is 33.2 Å². The Labute approximate surface area is 195 Å². The van der Waals surface area contributed by atoms with Crippen LogP contribution in [0.4, 0.5) is 0 Å². The summed E-state index contributed by atoms with van der Waals surface area (Å²) < 4.78 is 1.83. The van der Waals surface area contributed by atoms with E-state index >= 15 is 0 Å². The van der Waals surface area contributed by atoms with Gasteiger partial charge in [0.05, 0.1) is 5.69 Å². The quantitative estimate of drug-likeness (QED) is 0.513. The lowest BCUT2D eigenvalue weighted by Gasteiger charge is -2.26. The van der Waals surface area contributed by atoms with Crippen LogP contribution in [-0.4, -0.2) is 57.7 Å². The van der Waals surface area contributed by atoms with Gasteiger partial charge < -0.3 is 4.90 Å². The molecular formula is C26H31ClN4O. The van der Waals surface area contributed by atoms with Crippen molar-refractivity contribution >= 4 is 17.5 Å². The van der Waals surface area contributed by atoms with Gasteiger partial charge in [-0.1, -0.05) is 55.8 Å². The molecule has 0 N–H and O–H groups in total. The molecule has 32 heavy (non-hydrogen) atoms. The molecule has 3 aromatic rings. The summed E-state index contributed by atoms with van der Waals surface area (Å²) in [7, 11) is 1.91. The summed E-state index contributed by atoms with van der Waals surface area (Å²) in [5.74, 6) is 0.0351. The number of amides is 1. The Bertz CT molecular complexity index is 1100. The lowest BCUT2D eigenvalue weighted by molar-refractivity contribution is 0.0770. The Morgan fingerprint density at radius 2 is 1.78 bits per heavy atom. The fourth-order valence-corrected chi connectivity index (χ4v) is 4.96. The molecule has 5 nitrogen and oxygen atoms in total. The number of likely N-dealkylation sites (N-methyl/N-ethyl adjacent to an activating group) is 1. The number of halogens is 1. The van der Waals surface area contributed by atoms with Crippen molar-refractivity contribution in [1.29, 1.82) is 0 Å². The monoisotopic (exact) mass is 450 g/mol. The summed E-state index contributed by atoms with van der Waals surface area (Å²) in [6.45, 7) is 9.96. The summed E-state index contributed by atoms with van der Waals surface area (Å²) in [5.41, 5.74) is 5.72. The molecule has 0 aliphatic carbocycles. The van der Waals surface area contributed by atoms with E-state index in [0.29, 0.717) is 11.7 Å². The van der Waals surface area contributed by atoms with Gasteiger partial charge in [0.1, 0.15) is 0 Å². The van der Waals surface area contributed by atoms with E-state index in [0.717, 1.165) is 65.6 Å². The van der Waals surface area contributed by atoms with Crippen LogP contribution in [0.15, 0.2) is 48.5 Å². The highest BCUT2D eigenvalue weighted by atomic mass is 35.5. The van der Waals surface area contributed by atoms with Crippen LogP contribution in [0.2, 0.25) is 5.02 Å². The second kappa shape index (κ2) is 9.47. The number of carbonyl (C=O) groups is 1. The van der Waals surface area contributed by atoms with E-state index < -0.39 is 0 Å². The smallest absolute Gasteiger partial charge is 0.274 e. The van der Waals surface area contributed by atoms with Crippen molar-refractivity contribution in [3.8, 4) is 22.4 Å². The predicted molar refractivity (Wildman–Crippen MR) is 131 cm³/mol. The minimum Gasteiger partial charge on any atom is -0.336 e. The van der Waals surface area contributed by atoms with Crippen molar-refractivity contribution in [2.24, 2.45) is 7.05 Å². The van der Waals surface area contributed by atoms with Gasteiger partial charge in [-0.05, 0) is 55.8 Å². The number of nitrogens with zero attached hydrogens (tertiary/aromatic N) is 4. The van der Waals surface area contributed by atoms with Crippen molar-refractivity contribution in [3.63, 3.8) is 0 Å². The van der Waals surface area contributed by atoms with Gasteiger partial charge in [0.25, 0.3) is 5.91 Å². The van der Waals surface area contributed by atoms with Gasteiger partial charge in [-0.3, -0.25) is 14.4 Å². The first kappa shape index (κ1) is 22.6. The molecular weight excluding hydrogens is 420 g/mol. The third kappa shape index (κ3) is 4.32.